The second kappa shape index (κ2) is 7.51. The molecule has 3 aromatic rings. The maximum atomic E-state index is 12.5. The first-order valence-electron chi connectivity index (χ1n) is 8.21. The van der Waals surface area contributed by atoms with Gasteiger partial charge in [-0.05, 0) is 32.9 Å². The molecule has 0 aliphatic rings. The van der Waals surface area contributed by atoms with Gasteiger partial charge in [-0.1, -0.05) is 29.3 Å². The predicted octanol–water partition coefficient (Wildman–Crippen LogP) is 4.32. The van der Waals surface area contributed by atoms with Crippen molar-refractivity contribution in [1.82, 2.24) is 19.6 Å². The van der Waals surface area contributed by atoms with Crippen LogP contribution < -0.4 is 5.32 Å². The Balaban J connectivity index is 1.85. The van der Waals surface area contributed by atoms with Gasteiger partial charge in [-0.15, -0.1) is 0 Å². The molecule has 6 nitrogen and oxygen atoms in total. The normalized spacial score (nSPS) is 11.0. The van der Waals surface area contributed by atoms with Gasteiger partial charge in [0.25, 0.3) is 5.91 Å². The van der Waals surface area contributed by atoms with Crippen molar-refractivity contribution in [3.63, 3.8) is 0 Å². The van der Waals surface area contributed by atoms with Crippen LogP contribution in [0.4, 0.5) is 5.69 Å². The largest absolute Gasteiger partial charge is 0.319 e. The lowest BCUT2D eigenvalue weighted by Gasteiger charge is -2.09. The Bertz CT molecular complexity index is 940. The fourth-order valence-corrected chi connectivity index (χ4v) is 3.22. The zero-order valence-corrected chi connectivity index (χ0v) is 16.3. The van der Waals surface area contributed by atoms with Crippen LogP contribution in [0.2, 0.25) is 10.0 Å². The molecule has 1 N–H and O–H groups in total. The summed E-state index contributed by atoms with van der Waals surface area (Å²) >= 11 is 12.5. The summed E-state index contributed by atoms with van der Waals surface area (Å²) in [6, 6.07) is 5.39. The predicted molar refractivity (Wildman–Crippen MR) is 103 cm³/mol. The maximum Gasteiger partial charge on any atom is 0.258 e. The molecule has 1 amide bonds. The van der Waals surface area contributed by atoms with Gasteiger partial charge in [0.05, 0.1) is 35.4 Å². The van der Waals surface area contributed by atoms with Crippen molar-refractivity contribution in [2.24, 2.45) is 0 Å². The molecule has 1 aromatic carbocycles. The number of amides is 1. The van der Waals surface area contributed by atoms with Crippen LogP contribution in [-0.2, 0) is 13.1 Å². The highest BCUT2D eigenvalue weighted by Crippen LogP contribution is 2.27. The SMILES string of the molecule is CCn1cc(C(=O)Nc2c(C)nn(Cc3c(Cl)cccc3Cl)c2C)cn1. The van der Waals surface area contributed by atoms with E-state index in [2.05, 4.69) is 15.5 Å². The number of rotatable bonds is 5. The van der Waals surface area contributed by atoms with Gasteiger partial charge in [0.2, 0.25) is 0 Å². The molecule has 0 fully saturated rings. The zero-order chi connectivity index (χ0) is 18.8. The zero-order valence-electron chi connectivity index (χ0n) is 14.8. The highest BCUT2D eigenvalue weighted by atomic mass is 35.5. The molecule has 0 bridgehead atoms. The van der Waals surface area contributed by atoms with E-state index in [0.29, 0.717) is 34.4 Å². The second-order valence-corrected chi connectivity index (χ2v) is 6.76. The van der Waals surface area contributed by atoms with E-state index in [0.717, 1.165) is 17.0 Å². The van der Waals surface area contributed by atoms with Crippen LogP contribution in [0.15, 0.2) is 30.6 Å². The van der Waals surface area contributed by atoms with Crippen molar-refractivity contribution in [1.29, 1.82) is 0 Å². The molecule has 0 unspecified atom stereocenters. The number of halogens is 2. The molecule has 26 heavy (non-hydrogen) atoms. The molecule has 0 aliphatic carbocycles. The van der Waals surface area contributed by atoms with Crippen molar-refractivity contribution in [3.05, 3.63) is 63.2 Å². The molecule has 0 atom stereocenters. The average Bonchev–Trinajstić information content (AvgIpc) is 3.19. The number of benzene rings is 1. The summed E-state index contributed by atoms with van der Waals surface area (Å²) in [5.41, 5.74) is 3.54. The lowest BCUT2D eigenvalue weighted by molar-refractivity contribution is 0.102. The fourth-order valence-electron chi connectivity index (χ4n) is 2.70. The minimum Gasteiger partial charge on any atom is -0.319 e. The second-order valence-electron chi connectivity index (χ2n) is 5.94. The van der Waals surface area contributed by atoms with E-state index < -0.39 is 0 Å². The van der Waals surface area contributed by atoms with Gasteiger partial charge in [0.15, 0.2) is 0 Å². The standard InChI is InChI=1S/C18H19Cl2N5O/c1-4-24-9-13(8-21-24)18(26)22-17-11(2)23-25(12(17)3)10-14-15(19)6-5-7-16(14)20/h5-9H,4,10H2,1-3H3,(H,22,26). The molecular weight excluding hydrogens is 373 g/mol. The number of aryl methyl sites for hydroxylation is 2. The molecule has 0 aliphatic heterocycles. The third-order valence-electron chi connectivity index (χ3n) is 4.21. The van der Waals surface area contributed by atoms with Gasteiger partial charge in [-0.2, -0.15) is 10.2 Å². The summed E-state index contributed by atoms with van der Waals surface area (Å²) < 4.78 is 3.49. The molecular formula is C18H19Cl2N5O. The quantitative estimate of drug-likeness (QED) is 0.703. The molecule has 136 valence electrons. The third-order valence-corrected chi connectivity index (χ3v) is 4.92. The number of hydrogen-bond acceptors (Lipinski definition) is 3. The highest BCUT2D eigenvalue weighted by Gasteiger charge is 2.17. The van der Waals surface area contributed by atoms with Crippen LogP contribution in [0.1, 0.15) is 34.2 Å². The van der Waals surface area contributed by atoms with Crippen molar-refractivity contribution in [2.75, 3.05) is 5.32 Å². The number of aromatic nitrogens is 4. The van der Waals surface area contributed by atoms with E-state index >= 15 is 0 Å². The van der Waals surface area contributed by atoms with Crippen LogP contribution in [0.5, 0.6) is 0 Å². The molecule has 2 heterocycles. The molecule has 8 heteroatoms. The van der Waals surface area contributed by atoms with Gasteiger partial charge in [0, 0.05) is 28.4 Å². The van der Waals surface area contributed by atoms with E-state index in [4.69, 9.17) is 23.2 Å². The van der Waals surface area contributed by atoms with Crippen molar-refractivity contribution >= 4 is 34.8 Å². The first-order chi connectivity index (χ1) is 12.4. The molecule has 0 radical (unpaired) electrons. The lowest BCUT2D eigenvalue weighted by Crippen LogP contribution is -2.13. The Morgan fingerprint density at radius 3 is 2.54 bits per heavy atom. The van der Waals surface area contributed by atoms with Crippen LogP contribution in [-0.4, -0.2) is 25.5 Å². The smallest absolute Gasteiger partial charge is 0.258 e. The minimum absolute atomic E-state index is 0.216. The van der Waals surface area contributed by atoms with Crippen LogP contribution in [0.25, 0.3) is 0 Å². The number of carbonyl (C=O) groups is 1. The Morgan fingerprint density at radius 2 is 1.92 bits per heavy atom. The molecule has 2 aromatic heterocycles. The van der Waals surface area contributed by atoms with E-state index in [1.54, 1.807) is 40.0 Å². The Hall–Kier alpha value is -2.31. The number of hydrogen-bond donors (Lipinski definition) is 1. The van der Waals surface area contributed by atoms with Gasteiger partial charge >= 0.3 is 0 Å². The van der Waals surface area contributed by atoms with E-state index in [1.165, 1.54) is 0 Å². The summed E-state index contributed by atoms with van der Waals surface area (Å²) in [5.74, 6) is -0.216. The van der Waals surface area contributed by atoms with Gasteiger partial charge < -0.3 is 5.32 Å². The van der Waals surface area contributed by atoms with E-state index in [1.807, 2.05) is 20.8 Å². The summed E-state index contributed by atoms with van der Waals surface area (Å²) in [5, 5.41) is 12.7. The minimum atomic E-state index is -0.216. The average molecular weight is 392 g/mol. The van der Waals surface area contributed by atoms with E-state index in [9.17, 15) is 4.79 Å². The highest BCUT2D eigenvalue weighted by molar-refractivity contribution is 6.35. The summed E-state index contributed by atoms with van der Waals surface area (Å²) in [6.07, 6.45) is 3.27. The molecule has 3 rings (SSSR count). The monoisotopic (exact) mass is 391 g/mol. The summed E-state index contributed by atoms with van der Waals surface area (Å²) in [7, 11) is 0. The number of nitrogens with zero attached hydrogens (tertiary/aromatic N) is 4. The van der Waals surface area contributed by atoms with E-state index in [-0.39, 0.29) is 5.91 Å². The molecule has 0 spiro atoms. The van der Waals surface area contributed by atoms with Gasteiger partial charge in [-0.25, -0.2) is 0 Å². The van der Waals surface area contributed by atoms with Crippen molar-refractivity contribution in [2.45, 2.75) is 33.9 Å². The Morgan fingerprint density at radius 1 is 1.23 bits per heavy atom. The number of nitrogens with one attached hydrogen (secondary N) is 1. The van der Waals surface area contributed by atoms with Crippen LogP contribution in [0.3, 0.4) is 0 Å². The Labute approximate surface area is 161 Å². The van der Waals surface area contributed by atoms with Crippen LogP contribution >= 0.6 is 23.2 Å². The Kier molecular flexibility index (Phi) is 5.34. The maximum absolute atomic E-state index is 12.5. The van der Waals surface area contributed by atoms with Crippen molar-refractivity contribution < 1.29 is 4.79 Å². The summed E-state index contributed by atoms with van der Waals surface area (Å²) in [4.78, 5) is 12.5. The first-order valence-corrected chi connectivity index (χ1v) is 8.97. The first kappa shape index (κ1) is 18.5. The molecule has 0 saturated carbocycles. The van der Waals surface area contributed by atoms with Crippen LogP contribution in [0, 0.1) is 13.8 Å². The van der Waals surface area contributed by atoms with Gasteiger partial charge in [-0.3, -0.25) is 14.2 Å². The van der Waals surface area contributed by atoms with Gasteiger partial charge in [0.1, 0.15) is 0 Å². The topological polar surface area (TPSA) is 64.7 Å². The number of carbonyl (C=O) groups excluding carboxylic acids is 1. The third kappa shape index (κ3) is 3.61. The number of anilines is 1. The molecule has 0 saturated heterocycles. The lowest BCUT2D eigenvalue weighted by atomic mass is 10.2. The fraction of sp³-hybridized carbons (Fsp3) is 0.278. The summed E-state index contributed by atoms with van der Waals surface area (Å²) in [6.45, 7) is 6.85. The van der Waals surface area contributed by atoms with Crippen molar-refractivity contribution in [3.8, 4) is 0 Å².